The molecule has 1 saturated carbocycles. The highest BCUT2D eigenvalue weighted by Gasteiger charge is 2.27. The molecule has 1 amide bonds. The third kappa shape index (κ3) is 2.88. The van der Waals surface area contributed by atoms with Crippen LogP contribution in [0.1, 0.15) is 23.3 Å². The van der Waals surface area contributed by atoms with Crippen molar-refractivity contribution in [1.82, 2.24) is 14.9 Å². The summed E-state index contributed by atoms with van der Waals surface area (Å²) in [5, 5.41) is 0. The molecule has 1 aromatic rings. The van der Waals surface area contributed by atoms with Gasteiger partial charge in [-0.2, -0.15) is 0 Å². The molecule has 0 saturated heterocycles. The first-order chi connectivity index (χ1) is 8.60. The van der Waals surface area contributed by atoms with Gasteiger partial charge in [-0.3, -0.25) is 14.6 Å². The molecule has 94 valence electrons. The number of H-pyrrole nitrogens is 2. The zero-order chi connectivity index (χ0) is 13.1. The van der Waals surface area contributed by atoms with Gasteiger partial charge >= 0.3 is 5.69 Å². The van der Waals surface area contributed by atoms with Crippen LogP contribution in [0.4, 0.5) is 0 Å². The predicted octanol–water partition coefficient (Wildman–Crippen LogP) is -0.451. The van der Waals surface area contributed by atoms with Crippen molar-refractivity contribution in [3.8, 4) is 12.3 Å². The molecule has 2 rings (SSSR count). The van der Waals surface area contributed by atoms with E-state index in [0.29, 0.717) is 12.5 Å². The first-order valence-corrected chi connectivity index (χ1v) is 5.66. The number of carbonyl (C=O) groups is 1. The van der Waals surface area contributed by atoms with Crippen molar-refractivity contribution < 1.29 is 4.79 Å². The number of hydrogen-bond acceptors (Lipinski definition) is 3. The molecule has 0 spiro atoms. The minimum absolute atomic E-state index is 0.0281. The van der Waals surface area contributed by atoms with Crippen molar-refractivity contribution in [2.45, 2.75) is 12.8 Å². The van der Waals surface area contributed by atoms with E-state index in [1.165, 1.54) is 4.90 Å². The van der Waals surface area contributed by atoms with E-state index < -0.39 is 17.2 Å². The lowest BCUT2D eigenvalue weighted by atomic mass is 10.3. The zero-order valence-electron chi connectivity index (χ0n) is 9.73. The number of nitrogens with zero attached hydrogens (tertiary/aromatic N) is 1. The van der Waals surface area contributed by atoms with Crippen LogP contribution < -0.4 is 11.2 Å². The van der Waals surface area contributed by atoms with Crippen molar-refractivity contribution >= 4 is 5.91 Å². The summed E-state index contributed by atoms with van der Waals surface area (Å²) < 4.78 is 0. The summed E-state index contributed by atoms with van der Waals surface area (Å²) in [6, 6.07) is 1.07. The summed E-state index contributed by atoms with van der Waals surface area (Å²) in [5.41, 5.74) is -1.33. The predicted molar refractivity (Wildman–Crippen MR) is 65.1 cm³/mol. The summed E-state index contributed by atoms with van der Waals surface area (Å²) in [6.45, 7) is 0.738. The number of terminal acetylenes is 1. The molecule has 6 heteroatoms. The normalized spacial score (nSPS) is 13.9. The Morgan fingerprint density at radius 1 is 1.44 bits per heavy atom. The van der Waals surface area contributed by atoms with Crippen LogP contribution in [-0.2, 0) is 0 Å². The fourth-order valence-corrected chi connectivity index (χ4v) is 1.70. The smallest absolute Gasteiger partial charge is 0.326 e. The number of carbonyl (C=O) groups excluding carboxylic acids is 1. The lowest BCUT2D eigenvalue weighted by molar-refractivity contribution is 0.0763. The van der Waals surface area contributed by atoms with E-state index in [9.17, 15) is 14.4 Å². The van der Waals surface area contributed by atoms with Crippen LogP contribution in [0.3, 0.4) is 0 Å². The number of nitrogens with one attached hydrogen (secondary N) is 2. The average molecular weight is 247 g/mol. The van der Waals surface area contributed by atoms with Gasteiger partial charge in [0.25, 0.3) is 11.5 Å². The lowest BCUT2D eigenvalue weighted by Crippen LogP contribution is -2.36. The molecule has 1 heterocycles. The minimum Gasteiger partial charge on any atom is -0.326 e. The van der Waals surface area contributed by atoms with Crippen LogP contribution in [-0.4, -0.2) is 33.9 Å². The van der Waals surface area contributed by atoms with Gasteiger partial charge < -0.3 is 9.88 Å². The summed E-state index contributed by atoms with van der Waals surface area (Å²) in [4.78, 5) is 40.2. The van der Waals surface area contributed by atoms with Crippen molar-refractivity contribution in [3.63, 3.8) is 0 Å². The molecule has 0 unspecified atom stereocenters. The van der Waals surface area contributed by atoms with Gasteiger partial charge in [-0.25, -0.2) is 4.79 Å². The quantitative estimate of drug-likeness (QED) is 0.706. The number of aromatic amines is 2. The summed E-state index contributed by atoms with van der Waals surface area (Å²) in [7, 11) is 0. The zero-order valence-corrected chi connectivity index (χ0v) is 9.73. The van der Waals surface area contributed by atoms with Gasteiger partial charge in [-0.1, -0.05) is 5.92 Å². The second-order valence-electron chi connectivity index (χ2n) is 4.33. The van der Waals surface area contributed by atoms with Crippen molar-refractivity contribution in [3.05, 3.63) is 32.6 Å². The Hall–Kier alpha value is -2.29. The Labute approximate surface area is 103 Å². The van der Waals surface area contributed by atoms with Gasteiger partial charge in [0.15, 0.2) is 0 Å². The van der Waals surface area contributed by atoms with Crippen LogP contribution in [0.2, 0.25) is 0 Å². The Kier molecular flexibility index (Phi) is 3.33. The van der Waals surface area contributed by atoms with E-state index >= 15 is 0 Å². The van der Waals surface area contributed by atoms with Crippen molar-refractivity contribution in [1.29, 1.82) is 0 Å². The SMILES string of the molecule is C#CCN(CC1CC1)C(=O)c1cc(=O)[nH]c(=O)[nH]1. The van der Waals surface area contributed by atoms with Gasteiger partial charge in [0.05, 0.1) is 6.54 Å². The third-order valence-electron chi connectivity index (χ3n) is 2.74. The van der Waals surface area contributed by atoms with Crippen LogP contribution >= 0.6 is 0 Å². The molecular formula is C12H13N3O3. The number of hydrogen-bond donors (Lipinski definition) is 2. The van der Waals surface area contributed by atoms with Crippen LogP contribution in [0.15, 0.2) is 15.7 Å². The molecule has 2 N–H and O–H groups in total. The van der Waals surface area contributed by atoms with E-state index in [4.69, 9.17) is 6.42 Å². The van der Waals surface area contributed by atoms with Crippen LogP contribution in [0.5, 0.6) is 0 Å². The summed E-state index contributed by atoms with van der Waals surface area (Å²) in [6.07, 6.45) is 7.38. The Bertz CT molecular complexity index is 576. The molecule has 0 radical (unpaired) electrons. The maximum Gasteiger partial charge on any atom is 0.326 e. The minimum atomic E-state index is -0.696. The van der Waals surface area contributed by atoms with E-state index in [1.807, 2.05) is 4.98 Å². The molecule has 18 heavy (non-hydrogen) atoms. The molecule has 1 aliphatic rings. The molecule has 0 atom stereocenters. The Morgan fingerprint density at radius 2 is 2.17 bits per heavy atom. The summed E-state index contributed by atoms with van der Waals surface area (Å²) in [5.74, 6) is 2.48. The molecule has 0 aromatic carbocycles. The molecular weight excluding hydrogens is 234 g/mol. The fraction of sp³-hybridized carbons (Fsp3) is 0.417. The topological polar surface area (TPSA) is 86.0 Å². The Balaban J connectivity index is 2.23. The molecule has 1 fully saturated rings. The Morgan fingerprint density at radius 3 is 2.72 bits per heavy atom. The molecule has 1 aromatic heterocycles. The van der Waals surface area contributed by atoms with Crippen molar-refractivity contribution in [2.24, 2.45) is 5.92 Å². The maximum atomic E-state index is 12.1. The first-order valence-electron chi connectivity index (χ1n) is 5.66. The van der Waals surface area contributed by atoms with Crippen LogP contribution in [0, 0.1) is 18.3 Å². The highest BCUT2D eigenvalue weighted by Crippen LogP contribution is 2.29. The van der Waals surface area contributed by atoms with E-state index in [-0.39, 0.29) is 12.2 Å². The van der Waals surface area contributed by atoms with Gasteiger partial charge in [-0.15, -0.1) is 6.42 Å². The molecule has 0 bridgehead atoms. The standard InChI is InChI=1S/C12H13N3O3/c1-2-5-15(7-8-3-4-8)11(17)9-6-10(16)14-12(18)13-9/h1,6,8H,3-5,7H2,(H2,13,14,16,18). The van der Waals surface area contributed by atoms with Gasteiger partial charge in [0, 0.05) is 12.6 Å². The number of rotatable bonds is 4. The third-order valence-corrected chi connectivity index (χ3v) is 2.74. The van der Waals surface area contributed by atoms with E-state index in [1.54, 1.807) is 0 Å². The maximum absolute atomic E-state index is 12.1. The van der Waals surface area contributed by atoms with Crippen LogP contribution in [0.25, 0.3) is 0 Å². The highest BCUT2D eigenvalue weighted by atomic mass is 16.2. The molecule has 1 aliphatic carbocycles. The average Bonchev–Trinajstić information content (AvgIpc) is 3.10. The van der Waals surface area contributed by atoms with Gasteiger partial charge in [-0.05, 0) is 18.8 Å². The van der Waals surface area contributed by atoms with Crippen molar-refractivity contribution in [2.75, 3.05) is 13.1 Å². The largest absolute Gasteiger partial charge is 0.326 e. The lowest BCUT2D eigenvalue weighted by Gasteiger charge is -2.19. The second kappa shape index (κ2) is 4.92. The van der Waals surface area contributed by atoms with E-state index in [0.717, 1.165) is 18.9 Å². The second-order valence-corrected chi connectivity index (χ2v) is 4.33. The highest BCUT2D eigenvalue weighted by molar-refractivity contribution is 5.92. The molecule has 0 aliphatic heterocycles. The monoisotopic (exact) mass is 247 g/mol. The summed E-state index contributed by atoms with van der Waals surface area (Å²) >= 11 is 0. The van der Waals surface area contributed by atoms with E-state index in [2.05, 4.69) is 10.9 Å². The number of amides is 1. The fourth-order valence-electron chi connectivity index (χ4n) is 1.70. The molecule has 6 nitrogen and oxygen atoms in total. The first kappa shape index (κ1) is 12.2. The van der Waals surface area contributed by atoms with Gasteiger partial charge in [0.2, 0.25) is 0 Å². The van der Waals surface area contributed by atoms with Gasteiger partial charge in [0.1, 0.15) is 5.69 Å². The number of aromatic nitrogens is 2.